The van der Waals surface area contributed by atoms with E-state index in [-0.39, 0.29) is 12.0 Å². The molecule has 102 valence electrons. The monoisotopic (exact) mass is 254 g/mol. The van der Waals surface area contributed by atoms with Gasteiger partial charge in [0.25, 0.3) is 0 Å². The second-order valence-corrected chi connectivity index (χ2v) is 4.65. The highest BCUT2D eigenvalue weighted by Gasteiger charge is 2.21. The van der Waals surface area contributed by atoms with Crippen LogP contribution in [0.4, 0.5) is 4.79 Å². The van der Waals surface area contributed by atoms with Gasteiger partial charge in [-0.25, -0.2) is 9.59 Å². The van der Waals surface area contributed by atoms with Gasteiger partial charge in [-0.2, -0.15) is 0 Å². The molecule has 2 atom stereocenters. The Hall–Kier alpha value is -1.70. The fraction of sp³-hybridized carbons (Fsp3) is 0.692. The predicted octanol–water partition coefficient (Wildman–Crippen LogP) is 1.59. The molecule has 0 radical (unpaired) electrons. The topological polar surface area (TPSA) is 78.4 Å². The van der Waals surface area contributed by atoms with Crippen molar-refractivity contribution in [1.29, 1.82) is 0 Å². The van der Waals surface area contributed by atoms with E-state index in [1.807, 2.05) is 20.8 Å². The van der Waals surface area contributed by atoms with Crippen molar-refractivity contribution in [3.63, 3.8) is 0 Å². The highest BCUT2D eigenvalue weighted by Crippen LogP contribution is 2.05. The minimum atomic E-state index is -1.04. The third-order valence-corrected chi connectivity index (χ3v) is 2.39. The average molecular weight is 254 g/mol. The summed E-state index contributed by atoms with van der Waals surface area (Å²) in [6, 6.07) is -1.77. The fourth-order valence-electron chi connectivity index (χ4n) is 1.54. The van der Waals surface area contributed by atoms with Gasteiger partial charge in [0.15, 0.2) is 0 Å². The summed E-state index contributed by atoms with van der Waals surface area (Å²) in [7, 11) is 0. The Balaban J connectivity index is 4.33. The highest BCUT2D eigenvalue weighted by atomic mass is 16.4. The van der Waals surface area contributed by atoms with Crippen molar-refractivity contribution in [1.82, 2.24) is 10.6 Å². The quantitative estimate of drug-likeness (QED) is 0.604. The van der Waals surface area contributed by atoms with Crippen LogP contribution in [-0.2, 0) is 4.79 Å². The lowest BCUT2D eigenvalue weighted by atomic mass is 10.0. The van der Waals surface area contributed by atoms with Crippen molar-refractivity contribution in [2.24, 2.45) is 5.92 Å². The smallest absolute Gasteiger partial charge is 0.326 e. The number of aliphatic carboxylic acids is 1. The molecule has 0 aromatic rings. The molecular weight excluding hydrogens is 232 g/mol. The number of terminal acetylenes is 1. The van der Waals surface area contributed by atoms with Crippen molar-refractivity contribution >= 4 is 12.0 Å². The van der Waals surface area contributed by atoms with E-state index in [1.54, 1.807) is 0 Å². The fourth-order valence-corrected chi connectivity index (χ4v) is 1.54. The van der Waals surface area contributed by atoms with Gasteiger partial charge in [-0.15, -0.1) is 6.42 Å². The normalized spacial score (nSPS) is 13.5. The molecule has 0 aromatic heterocycles. The summed E-state index contributed by atoms with van der Waals surface area (Å²) in [5.74, 6) is 1.61. The van der Waals surface area contributed by atoms with Crippen LogP contribution in [0.3, 0.4) is 0 Å². The van der Waals surface area contributed by atoms with E-state index < -0.39 is 18.0 Å². The molecule has 0 aliphatic carbocycles. The summed E-state index contributed by atoms with van der Waals surface area (Å²) >= 11 is 0. The van der Waals surface area contributed by atoms with Crippen LogP contribution in [0.25, 0.3) is 0 Å². The van der Waals surface area contributed by atoms with Crippen LogP contribution < -0.4 is 10.6 Å². The third-order valence-electron chi connectivity index (χ3n) is 2.39. The van der Waals surface area contributed by atoms with E-state index >= 15 is 0 Å². The second-order valence-electron chi connectivity index (χ2n) is 4.65. The van der Waals surface area contributed by atoms with Gasteiger partial charge in [0, 0.05) is 0 Å². The van der Waals surface area contributed by atoms with Crippen LogP contribution in [0.15, 0.2) is 0 Å². The number of carbonyl (C=O) groups is 2. The van der Waals surface area contributed by atoms with Gasteiger partial charge in [-0.1, -0.05) is 33.1 Å². The summed E-state index contributed by atoms with van der Waals surface area (Å²) in [6.07, 6.45) is 7.18. The molecule has 5 nitrogen and oxygen atoms in total. The molecule has 0 saturated carbocycles. The average Bonchev–Trinajstić information content (AvgIpc) is 2.26. The minimum absolute atomic E-state index is 0.186. The van der Waals surface area contributed by atoms with Crippen molar-refractivity contribution < 1.29 is 14.7 Å². The molecule has 0 saturated heterocycles. The molecule has 5 heteroatoms. The number of hydrogen-bond acceptors (Lipinski definition) is 2. The molecule has 0 spiro atoms. The summed E-state index contributed by atoms with van der Waals surface area (Å²) in [4.78, 5) is 22.6. The van der Waals surface area contributed by atoms with Crippen molar-refractivity contribution in [2.75, 3.05) is 0 Å². The molecule has 0 aliphatic heterocycles. The number of carbonyl (C=O) groups excluding carboxylic acids is 1. The first-order chi connectivity index (χ1) is 8.40. The van der Waals surface area contributed by atoms with E-state index in [0.29, 0.717) is 12.8 Å². The summed E-state index contributed by atoms with van der Waals surface area (Å²) < 4.78 is 0. The van der Waals surface area contributed by atoms with Crippen LogP contribution in [0, 0.1) is 18.3 Å². The van der Waals surface area contributed by atoms with Crippen molar-refractivity contribution in [3.05, 3.63) is 0 Å². The Morgan fingerprint density at radius 3 is 2.33 bits per heavy atom. The number of carboxylic acids is 1. The first kappa shape index (κ1) is 16.3. The zero-order chi connectivity index (χ0) is 14.1. The Kier molecular flexibility index (Phi) is 7.61. The maximum Gasteiger partial charge on any atom is 0.326 e. The van der Waals surface area contributed by atoms with Gasteiger partial charge in [0.2, 0.25) is 0 Å². The molecule has 3 N–H and O–H groups in total. The van der Waals surface area contributed by atoms with Crippen LogP contribution in [0.5, 0.6) is 0 Å². The number of nitrogens with one attached hydrogen (secondary N) is 2. The van der Waals surface area contributed by atoms with Gasteiger partial charge in [-0.05, 0) is 18.8 Å². The molecule has 0 fully saturated rings. The Labute approximate surface area is 108 Å². The third kappa shape index (κ3) is 6.79. The van der Waals surface area contributed by atoms with Gasteiger partial charge in [0.1, 0.15) is 6.04 Å². The van der Waals surface area contributed by atoms with Crippen molar-refractivity contribution in [3.8, 4) is 12.3 Å². The number of urea groups is 1. The molecule has 0 rings (SSSR count). The van der Waals surface area contributed by atoms with E-state index in [0.717, 1.165) is 6.42 Å². The van der Waals surface area contributed by atoms with E-state index in [1.165, 1.54) is 0 Å². The molecule has 18 heavy (non-hydrogen) atoms. The Morgan fingerprint density at radius 2 is 1.94 bits per heavy atom. The zero-order valence-electron chi connectivity index (χ0n) is 11.2. The SMILES string of the molecule is C#CC(CCC)NC(=O)N[C@H](CC(C)C)C(=O)O. The lowest BCUT2D eigenvalue weighted by molar-refractivity contribution is -0.139. The number of hydrogen-bond donors (Lipinski definition) is 3. The van der Waals surface area contributed by atoms with Crippen LogP contribution in [-0.4, -0.2) is 29.2 Å². The maximum absolute atomic E-state index is 11.6. The predicted molar refractivity (Wildman–Crippen MR) is 70.1 cm³/mol. The summed E-state index contributed by atoms with van der Waals surface area (Å²) in [5.41, 5.74) is 0. The first-order valence-corrected chi connectivity index (χ1v) is 6.16. The zero-order valence-corrected chi connectivity index (χ0v) is 11.2. The van der Waals surface area contributed by atoms with Gasteiger partial charge < -0.3 is 15.7 Å². The molecule has 0 aliphatic rings. The summed E-state index contributed by atoms with van der Waals surface area (Å²) in [6.45, 7) is 5.76. The maximum atomic E-state index is 11.6. The first-order valence-electron chi connectivity index (χ1n) is 6.16. The minimum Gasteiger partial charge on any atom is -0.480 e. The molecule has 0 bridgehead atoms. The van der Waals surface area contributed by atoms with Gasteiger partial charge >= 0.3 is 12.0 Å². The lowest BCUT2D eigenvalue weighted by Gasteiger charge is -2.18. The number of carboxylic acid groups (broad SMARTS) is 1. The second kappa shape index (κ2) is 8.40. The molecular formula is C13H22N2O3. The standard InChI is InChI=1S/C13H22N2O3/c1-5-7-10(6-2)14-13(18)15-11(12(16)17)8-9(3)4/h2,9-11H,5,7-8H2,1,3-4H3,(H,16,17)(H2,14,15,18)/t10?,11-/m1/s1. The molecule has 1 unspecified atom stereocenters. The highest BCUT2D eigenvalue weighted by molar-refractivity contribution is 5.82. The lowest BCUT2D eigenvalue weighted by Crippen LogP contribution is -2.49. The van der Waals surface area contributed by atoms with E-state index in [2.05, 4.69) is 16.6 Å². The van der Waals surface area contributed by atoms with E-state index in [9.17, 15) is 9.59 Å². The molecule has 0 aromatic carbocycles. The number of rotatable bonds is 7. The number of amides is 2. The molecule has 2 amide bonds. The van der Waals surface area contributed by atoms with E-state index in [4.69, 9.17) is 11.5 Å². The van der Waals surface area contributed by atoms with Crippen molar-refractivity contribution in [2.45, 2.75) is 52.1 Å². The molecule has 0 heterocycles. The Morgan fingerprint density at radius 1 is 1.33 bits per heavy atom. The summed E-state index contributed by atoms with van der Waals surface area (Å²) in [5, 5.41) is 14.0. The van der Waals surface area contributed by atoms with Crippen LogP contribution in [0.1, 0.15) is 40.0 Å². The Bertz CT molecular complexity index is 321. The van der Waals surface area contributed by atoms with Crippen LogP contribution in [0.2, 0.25) is 0 Å². The van der Waals surface area contributed by atoms with Gasteiger partial charge in [0.05, 0.1) is 6.04 Å². The largest absolute Gasteiger partial charge is 0.480 e. The van der Waals surface area contributed by atoms with Crippen LogP contribution >= 0.6 is 0 Å². The van der Waals surface area contributed by atoms with Gasteiger partial charge in [-0.3, -0.25) is 0 Å².